The molecular weight excluding hydrogens is 292 g/mol. The molecule has 23 heavy (non-hydrogen) atoms. The maximum atomic E-state index is 12.7. The Morgan fingerprint density at radius 3 is 2.22 bits per heavy atom. The summed E-state index contributed by atoms with van der Waals surface area (Å²) in [5.41, 5.74) is 0. The number of hydrogen-bond acceptors (Lipinski definition) is 3. The lowest BCUT2D eigenvalue weighted by molar-refractivity contribution is -0.148. The van der Waals surface area contributed by atoms with Crippen molar-refractivity contribution in [1.29, 1.82) is 0 Å². The molecule has 1 saturated carbocycles. The molecule has 5 nitrogen and oxygen atoms in total. The number of rotatable bonds is 6. The van der Waals surface area contributed by atoms with Crippen molar-refractivity contribution in [3.8, 4) is 0 Å². The number of likely N-dealkylation sites (tertiary alicyclic amines) is 1. The minimum absolute atomic E-state index is 0.156. The van der Waals surface area contributed by atoms with Gasteiger partial charge in [-0.2, -0.15) is 0 Å². The van der Waals surface area contributed by atoms with E-state index in [1.54, 1.807) is 0 Å². The van der Waals surface area contributed by atoms with Crippen LogP contribution in [0, 0.1) is 23.7 Å². The van der Waals surface area contributed by atoms with Crippen LogP contribution in [0.25, 0.3) is 0 Å². The predicted octanol–water partition coefficient (Wildman–Crippen LogP) is 1.88. The van der Waals surface area contributed by atoms with Crippen LogP contribution in [0.5, 0.6) is 0 Å². The van der Waals surface area contributed by atoms with Crippen LogP contribution < -0.4 is 5.32 Å². The Morgan fingerprint density at radius 2 is 1.74 bits per heavy atom. The molecule has 3 rings (SSSR count). The van der Waals surface area contributed by atoms with Gasteiger partial charge in [0.1, 0.15) is 6.04 Å². The third kappa shape index (κ3) is 3.33. The fourth-order valence-corrected chi connectivity index (χ4v) is 3.59. The molecule has 126 valence electrons. The van der Waals surface area contributed by atoms with Crippen molar-refractivity contribution >= 4 is 17.7 Å². The van der Waals surface area contributed by atoms with Crippen LogP contribution in [0.15, 0.2) is 12.2 Å². The maximum Gasteiger partial charge on any atom is 0.243 e. The van der Waals surface area contributed by atoms with Crippen LogP contribution >= 0.6 is 0 Å². The van der Waals surface area contributed by atoms with Gasteiger partial charge in [-0.3, -0.25) is 19.3 Å². The molecule has 1 aliphatic heterocycles. The molecule has 1 heterocycles. The minimum Gasteiger partial charge on any atom is -0.354 e. The average molecular weight is 318 g/mol. The quantitative estimate of drug-likeness (QED) is 0.600. The Labute approximate surface area is 137 Å². The second kappa shape index (κ2) is 6.46. The van der Waals surface area contributed by atoms with Crippen molar-refractivity contribution in [3.63, 3.8) is 0 Å². The Kier molecular flexibility index (Phi) is 4.55. The Morgan fingerprint density at radius 1 is 1.17 bits per heavy atom. The minimum atomic E-state index is -0.653. The zero-order valence-electron chi connectivity index (χ0n) is 14.0. The molecule has 0 radical (unpaired) electrons. The number of nitrogens with zero attached hydrogens (tertiary/aromatic N) is 1. The molecule has 3 atom stereocenters. The average Bonchev–Trinajstić information content (AvgIpc) is 3.31. The summed E-state index contributed by atoms with van der Waals surface area (Å²) in [6, 6.07) is -0.653. The van der Waals surface area contributed by atoms with E-state index in [1.165, 1.54) is 4.90 Å². The second-order valence-electron chi connectivity index (χ2n) is 7.54. The van der Waals surface area contributed by atoms with Crippen molar-refractivity contribution in [2.75, 3.05) is 6.54 Å². The van der Waals surface area contributed by atoms with Gasteiger partial charge in [-0.25, -0.2) is 0 Å². The van der Waals surface area contributed by atoms with E-state index in [1.807, 2.05) is 26.0 Å². The van der Waals surface area contributed by atoms with Crippen LogP contribution in [-0.2, 0) is 14.4 Å². The predicted molar refractivity (Wildman–Crippen MR) is 86.2 cm³/mol. The third-order valence-corrected chi connectivity index (χ3v) is 5.11. The molecule has 0 aromatic rings. The molecule has 0 aromatic heterocycles. The van der Waals surface area contributed by atoms with Gasteiger partial charge in [0.05, 0.1) is 11.8 Å². The lowest BCUT2D eigenvalue weighted by Gasteiger charge is -2.27. The van der Waals surface area contributed by atoms with E-state index >= 15 is 0 Å². The zero-order valence-corrected chi connectivity index (χ0v) is 14.0. The second-order valence-corrected chi connectivity index (χ2v) is 7.54. The van der Waals surface area contributed by atoms with Gasteiger partial charge in [-0.15, -0.1) is 0 Å². The Hall–Kier alpha value is -1.65. The van der Waals surface area contributed by atoms with Crippen molar-refractivity contribution in [2.24, 2.45) is 23.7 Å². The summed E-state index contributed by atoms with van der Waals surface area (Å²) >= 11 is 0. The molecule has 1 N–H and O–H groups in total. The lowest BCUT2D eigenvalue weighted by atomic mass is 9.85. The largest absolute Gasteiger partial charge is 0.354 e. The number of fused-ring (bicyclic) bond motifs is 1. The molecule has 1 saturated heterocycles. The van der Waals surface area contributed by atoms with Crippen molar-refractivity contribution in [2.45, 2.75) is 52.0 Å². The fourth-order valence-electron chi connectivity index (χ4n) is 3.59. The van der Waals surface area contributed by atoms with Crippen LogP contribution in [0.1, 0.15) is 46.0 Å². The normalized spacial score (nSPS) is 28.2. The summed E-state index contributed by atoms with van der Waals surface area (Å²) < 4.78 is 0. The molecule has 3 amide bonds. The SMILES string of the molecule is CC(C)CC(C(=O)NCC1CC1)N1C(=O)C2CC=CCC2C1=O. The van der Waals surface area contributed by atoms with Gasteiger partial charge in [0.2, 0.25) is 17.7 Å². The third-order valence-electron chi connectivity index (χ3n) is 5.11. The molecule has 5 heteroatoms. The highest BCUT2D eigenvalue weighted by Crippen LogP contribution is 2.37. The maximum absolute atomic E-state index is 12.7. The van der Waals surface area contributed by atoms with E-state index in [9.17, 15) is 14.4 Å². The number of carbonyl (C=O) groups excluding carboxylic acids is 3. The van der Waals surface area contributed by atoms with Gasteiger partial charge in [0.25, 0.3) is 0 Å². The van der Waals surface area contributed by atoms with Crippen LogP contribution in [-0.4, -0.2) is 35.2 Å². The smallest absolute Gasteiger partial charge is 0.243 e. The molecular formula is C18H26N2O3. The first-order valence-electron chi connectivity index (χ1n) is 8.78. The van der Waals surface area contributed by atoms with Gasteiger partial charge >= 0.3 is 0 Å². The summed E-state index contributed by atoms with van der Waals surface area (Å²) in [7, 11) is 0. The molecule has 3 aliphatic rings. The summed E-state index contributed by atoms with van der Waals surface area (Å²) in [6.07, 6.45) is 8.02. The van der Waals surface area contributed by atoms with E-state index in [-0.39, 0.29) is 35.5 Å². The summed E-state index contributed by atoms with van der Waals surface area (Å²) in [5.74, 6) is -0.188. The highest BCUT2D eigenvalue weighted by Gasteiger charge is 2.51. The van der Waals surface area contributed by atoms with Gasteiger partial charge in [-0.1, -0.05) is 26.0 Å². The van der Waals surface area contributed by atoms with Gasteiger partial charge in [0, 0.05) is 6.54 Å². The Bertz CT molecular complexity index is 510. The fraction of sp³-hybridized carbons (Fsp3) is 0.722. The monoisotopic (exact) mass is 318 g/mol. The molecule has 0 spiro atoms. The zero-order chi connectivity index (χ0) is 16.6. The van der Waals surface area contributed by atoms with Crippen LogP contribution in [0.3, 0.4) is 0 Å². The van der Waals surface area contributed by atoms with E-state index in [4.69, 9.17) is 0 Å². The summed E-state index contributed by atoms with van der Waals surface area (Å²) in [4.78, 5) is 39.3. The molecule has 2 aliphatic carbocycles. The lowest BCUT2D eigenvalue weighted by Crippen LogP contribution is -2.51. The van der Waals surface area contributed by atoms with Gasteiger partial charge in [0.15, 0.2) is 0 Å². The van der Waals surface area contributed by atoms with Crippen LogP contribution in [0.4, 0.5) is 0 Å². The summed E-state index contributed by atoms with van der Waals surface area (Å²) in [6.45, 7) is 4.69. The van der Waals surface area contributed by atoms with Crippen LogP contribution in [0.2, 0.25) is 0 Å². The number of carbonyl (C=O) groups is 3. The number of nitrogens with one attached hydrogen (secondary N) is 1. The number of imide groups is 1. The molecule has 0 aromatic carbocycles. The topological polar surface area (TPSA) is 66.5 Å². The Balaban J connectivity index is 1.76. The molecule has 3 unspecified atom stereocenters. The number of hydrogen-bond donors (Lipinski definition) is 1. The summed E-state index contributed by atoms with van der Waals surface area (Å²) in [5, 5.41) is 2.95. The number of amides is 3. The number of allylic oxidation sites excluding steroid dienone is 2. The first kappa shape index (κ1) is 16.2. The van der Waals surface area contributed by atoms with E-state index in [2.05, 4.69) is 5.32 Å². The highest BCUT2D eigenvalue weighted by atomic mass is 16.2. The van der Waals surface area contributed by atoms with Crippen molar-refractivity contribution in [3.05, 3.63) is 12.2 Å². The molecule has 2 fully saturated rings. The first-order valence-corrected chi connectivity index (χ1v) is 8.78. The standard InChI is InChI=1S/C18H26N2O3/c1-11(2)9-15(16(21)19-10-12-7-8-12)20-17(22)13-5-3-4-6-14(13)18(20)23/h3-4,11-15H,5-10H2,1-2H3,(H,19,21). The van der Waals surface area contributed by atoms with Crippen molar-refractivity contribution < 1.29 is 14.4 Å². The highest BCUT2D eigenvalue weighted by molar-refractivity contribution is 6.08. The first-order chi connectivity index (χ1) is 11.0. The van der Waals surface area contributed by atoms with E-state index < -0.39 is 6.04 Å². The van der Waals surface area contributed by atoms with E-state index in [0.717, 1.165) is 12.8 Å². The van der Waals surface area contributed by atoms with Gasteiger partial charge < -0.3 is 5.32 Å². The molecule has 0 bridgehead atoms. The van der Waals surface area contributed by atoms with E-state index in [0.29, 0.717) is 31.7 Å². The van der Waals surface area contributed by atoms with Crippen molar-refractivity contribution in [1.82, 2.24) is 10.2 Å². The van der Waals surface area contributed by atoms with Gasteiger partial charge in [-0.05, 0) is 43.9 Å².